The van der Waals surface area contributed by atoms with Gasteiger partial charge in [-0.3, -0.25) is 4.72 Å². The number of rotatable bonds is 5. The third-order valence-corrected chi connectivity index (χ3v) is 4.55. The molecule has 0 saturated heterocycles. The monoisotopic (exact) mass is 337 g/mol. The number of nitriles is 1. The standard InChI is InChI=1S/C14H12ClN3O3S/c1-2-21-14-12(7-4-8-17-14)18-22(19,20)13-10(9-16)5-3-6-11(13)15/h3-8,18H,2H2,1H3. The number of hydrogen-bond donors (Lipinski definition) is 1. The number of aromatic nitrogens is 1. The number of hydrogen-bond acceptors (Lipinski definition) is 5. The van der Waals surface area contributed by atoms with Crippen molar-refractivity contribution in [1.29, 1.82) is 5.26 Å². The summed E-state index contributed by atoms with van der Waals surface area (Å²) in [7, 11) is -4.05. The highest BCUT2D eigenvalue weighted by Crippen LogP contribution is 2.29. The van der Waals surface area contributed by atoms with Crippen molar-refractivity contribution < 1.29 is 13.2 Å². The molecule has 0 unspecified atom stereocenters. The molecule has 0 aliphatic carbocycles. The molecule has 1 aromatic carbocycles. The summed E-state index contributed by atoms with van der Waals surface area (Å²) in [5.41, 5.74) is 0.134. The molecule has 114 valence electrons. The molecule has 0 fully saturated rings. The third kappa shape index (κ3) is 3.30. The van der Waals surface area contributed by atoms with Crippen LogP contribution in [-0.2, 0) is 10.0 Å². The molecule has 0 spiro atoms. The van der Waals surface area contributed by atoms with Crippen molar-refractivity contribution in [1.82, 2.24) is 4.98 Å². The average molecular weight is 338 g/mol. The Balaban J connectivity index is 2.48. The predicted octanol–water partition coefficient (Wildman–Crippen LogP) is 2.81. The fraction of sp³-hybridized carbons (Fsp3) is 0.143. The van der Waals surface area contributed by atoms with Crippen LogP contribution in [0.25, 0.3) is 0 Å². The van der Waals surface area contributed by atoms with Crippen LogP contribution in [0, 0.1) is 11.3 Å². The van der Waals surface area contributed by atoms with Crippen molar-refractivity contribution >= 4 is 27.3 Å². The average Bonchev–Trinajstić information content (AvgIpc) is 2.48. The molecule has 1 aromatic heterocycles. The Bertz CT molecular complexity index is 831. The number of pyridine rings is 1. The van der Waals surface area contributed by atoms with Crippen LogP contribution in [0.1, 0.15) is 12.5 Å². The number of ether oxygens (including phenoxy) is 1. The zero-order chi connectivity index (χ0) is 16.2. The van der Waals surface area contributed by atoms with E-state index in [1.807, 2.05) is 6.07 Å². The van der Waals surface area contributed by atoms with Gasteiger partial charge >= 0.3 is 0 Å². The number of halogens is 1. The Morgan fingerprint density at radius 2 is 2.14 bits per heavy atom. The van der Waals surface area contributed by atoms with Gasteiger partial charge in [0.15, 0.2) is 0 Å². The minimum Gasteiger partial charge on any atom is -0.476 e. The first-order chi connectivity index (χ1) is 10.5. The van der Waals surface area contributed by atoms with E-state index in [4.69, 9.17) is 21.6 Å². The van der Waals surface area contributed by atoms with Gasteiger partial charge in [-0.15, -0.1) is 0 Å². The van der Waals surface area contributed by atoms with Crippen molar-refractivity contribution in [3.05, 3.63) is 47.1 Å². The Morgan fingerprint density at radius 1 is 1.36 bits per heavy atom. The van der Waals surface area contributed by atoms with Crippen molar-refractivity contribution in [2.75, 3.05) is 11.3 Å². The lowest BCUT2D eigenvalue weighted by molar-refractivity contribution is 0.329. The minimum absolute atomic E-state index is 0.0339. The van der Waals surface area contributed by atoms with E-state index >= 15 is 0 Å². The van der Waals surface area contributed by atoms with Gasteiger partial charge < -0.3 is 4.74 Å². The molecule has 0 saturated carbocycles. The summed E-state index contributed by atoms with van der Waals surface area (Å²) in [5, 5.41) is 9.04. The quantitative estimate of drug-likeness (QED) is 0.905. The van der Waals surface area contributed by atoms with Gasteiger partial charge in [0.05, 0.1) is 17.2 Å². The number of sulfonamides is 1. The van der Waals surface area contributed by atoms with Crippen LogP contribution in [0.15, 0.2) is 41.4 Å². The summed E-state index contributed by atoms with van der Waals surface area (Å²) in [6.45, 7) is 2.09. The van der Waals surface area contributed by atoms with Gasteiger partial charge in [-0.2, -0.15) is 5.26 Å². The van der Waals surface area contributed by atoms with Crippen LogP contribution >= 0.6 is 11.6 Å². The van der Waals surface area contributed by atoms with Crippen molar-refractivity contribution in [3.63, 3.8) is 0 Å². The molecule has 0 aliphatic rings. The van der Waals surface area contributed by atoms with Gasteiger partial charge in [-0.25, -0.2) is 13.4 Å². The first-order valence-corrected chi connectivity index (χ1v) is 8.15. The van der Waals surface area contributed by atoms with Crippen LogP contribution in [0.3, 0.4) is 0 Å². The second-order valence-electron chi connectivity index (χ2n) is 4.12. The molecule has 2 rings (SSSR count). The van der Waals surface area contributed by atoms with E-state index in [0.717, 1.165) is 0 Å². The lowest BCUT2D eigenvalue weighted by Crippen LogP contribution is -2.16. The SMILES string of the molecule is CCOc1ncccc1NS(=O)(=O)c1c(Cl)cccc1C#N. The molecule has 6 nitrogen and oxygen atoms in total. The summed E-state index contributed by atoms with van der Waals surface area (Å²) in [5.74, 6) is 0.152. The molecule has 1 N–H and O–H groups in total. The van der Waals surface area contributed by atoms with Gasteiger partial charge in [0.25, 0.3) is 10.0 Å². The molecular weight excluding hydrogens is 326 g/mol. The van der Waals surface area contributed by atoms with E-state index in [2.05, 4.69) is 9.71 Å². The maximum atomic E-state index is 12.5. The maximum absolute atomic E-state index is 12.5. The fourth-order valence-corrected chi connectivity index (χ4v) is 3.54. The van der Waals surface area contributed by atoms with E-state index < -0.39 is 10.0 Å². The smallest absolute Gasteiger partial charge is 0.264 e. The second kappa shape index (κ2) is 6.64. The molecule has 8 heteroatoms. The largest absolute Gasteiger partial charge is 0.476 e. The summed E-state index contributed by atoms with van der Waals surface area (Å²) in [6, 6.07) is 9.20. The molecule has 0 atom stereocenters. The first-order valence-electron chi connectivity index (χ1n) is 6.29. The third-order valence-electron chi connectivity index (χ3n) is 2.65. The normalized spacial score (nSPS) is 10.8. The summed E-state index contributed by atoms with van der Waals surface area (Å²) >= 11 is 5.94. The number of nitrogens with zero attached hydrogens (tertiary/aromatic N) is 2. The number of benzene rings is 1. The molecular formula is C14H12ClN3O3S. The van der Waals surface area contributed by atoms with E-state index in [-0.39, 0.29) is 27.0 Å². The van der Waals surface area contributed by atoms with Crippen molar-refractivity contribution in [2.24, 2.45) is 0 Å². The molecule has 0 amide bonds. The molecule has 0 radical (unpaired) electrons. The molecule has 0 bridgehead atoms. The lowest BCUT2D eigenvalue weighted by atomic mass is 10.2. The molecule has 22 heavy (non-hydrogen) atoms. The van der Waals surface area contributed by atoms with Crippen LogP contribution < -0.4 is 9.46 Å². The Morgan fingerprint density at radius 3 is 2.82 bits per heavy atom. The van der Waals surface area contributed by atoms with Gasteiger partial charge in [-0.1, -0.05) is 17.7 Å². The summed E-state index contributed by atoms with van der Waals surface area (Å²) in [4.78, 5) is 3.69. The molecule has 1 heterocycles. The van der Waals surface area contributed by atoms with Gasteiger partial charge in [0.2, 0.25) is 5.88 Å². The highest BCUT2D eigenvalue weighted by Gasteiger charge is 2.23. The van der Waals surface area contributed by atoms with E-state index in [0.29, 0.717) is 6.61 Å². The first kappa shape index (κ1) is 16.1. The van der Waals surface area contributed by atoms with Crippen LogP contribution in [0.4, 0.5) is 5.69 Å². The highest BCUT2D eigenvalue weighted by molar-refractivity contribution is 7.93. The number of anilines is 1. The van der Waals surface area contributed by atoms with Crippen LogP contribution in [0.5, 0.6) is 5.88 Å². The Hall–Kier alpha value is -2.30. The zero-order valence-corrected chi connectivity index (χ0v) is 13.1. The van der Waals surface area contributed by atoms with Crippen LogP contribution in [-0.4, -0.2) is 20.0 Å². The molecule has 0 aliphatic heterocycles. The van der Waals surface area contributed by atoms with Crippen LogP contribution in [0.2, 0.25) is 5.02 Å². The molecule has 2 aromatic rings. The van der Waals surface area contributed by atoms with E-state index in [1.54, 1.807) is 13.0 Å². The Labute approximate surface area is 133 Å². The topological polar surface area (TPSA) is 92.1 Å². The number of nitrogens with one attached hydrogen (secondary N) is 1. The lowest BCUT2D eigenvalue weighted by Gasteiger charge is -2.13. The highest BCUT2D eigenvalue weighted by atomic mass is 35.5. The minimum atomic E-state index is -4.05. The second-order valence-corrected chi connectivity index (χ2v) is 6.15. The van der Waals surface area contributed by atoms with Gasteiger partial charge in [-0.05, 0) is 31.2 Å². The van der Waals surface area contributed by atoms with Gasteiger partial charge in [0.1, 0.15) is 16.7 Å². The zero-order valence-electron chi connectivity index (χ0n) is 11.6. The Kier molecular flexibility index (Phi) is 4.85. The summed E-state index contributed by atoms with van der Waals surface area (Å²) < 4.78 is 32.7. The van der Waals surface area contributed by atoms with Crippen molar-refractivity contribution in [2.45, 2.75) is 11.8 Å². The van der Waals surface area contributed by atoms with Gasteiger partial charge in [0, 0.05) is 6.20 Å². The summed E-state index contributed by atoms with van der Waals surface area (Å²) in [6.07, 6.45) is 1.49. The fourth-order valence-electron chi connectivity index (χ4n) is 1.79. The van der Waals surface area contributed by atoms with E-state index in [9.17, 15) is 8.42 Å². The predicted molar refractivity (Wildman–Crippen MR) is 82.4 cm³/mol. The maximum Gasteiger partial charge on any atom is 0.264 e. The van der Waals surface area contributed by atoms with E-state index in [1.165, 1.54) is 30.5 Å². The van der Waals surface area contributed by atoms with Crippen molar-refractivity contribution in [3.8, 4) is 11.9 Å².